The second-order valence-electron chi connectivity index (χ2n) is 4.03. The number of nitrogens with one attached hydrogen (secondary N) is 1. The molecule has 0 saturated carbocycles. The van der Waals surface area contributed by atoms with E-state index < -0.39 is 11.7 Å². The first-order valence-electron chi connectivity index (χ1n) is 5.46. The normalized spacial score (nSPS) is 10.3. The number of anilines is 2. The molecule has 0 spiro atoms. The number of nitrogens with two attached hydrogens (primary N) is 1. The van der Waals surface area contributed by atoms with Gasteiger partial charge < -0.3 is 11.1 Å². The van der Waals surface area contributed by atoms with Gasteiger partial charge in [-0.15, -0.1) is 0 Å². The Hall–Kier alpha value is -1.95. The molecule has 0 saturated heterocycles. The van der Waals surface area contributed by atoms with E-state index in [9.17, 15) is 9.18 Å². The van der Waals surface area contributed by atoms with Crippen molar-refractivity contribution >= 4 is 33.3 Å². The van der Waals surface area contributed by atoms with Crippen LogP contribution in [0.25, 0.3) is 0 Å². The average molecular weight is 324 g/mol. The minimum Gasteiger partial charge on any atom is -0.396 e. The molecule has 2 rings (SSSR count). The SMILES string of the molecule is Cc1ccc(NC(=O)c2cc(N)c(F)cc2Br)nc1. The lowest BCUT2D eigenvalue weighted by molar-refractivity contribution is 0.102. The molecular formula is C13H11BrFN3O. The second-order valence-corrected chi connectivity index (χ2v) is 4.88. The molecular weight excluding hydrogens is 313 g/mol. The van der Waals surface area contributed by atoms with Crippen molar-refractivity contribution < 1.29 is 9.18 Å². The van der Waals surface area contributed by atoms with Gasteiger partial charge in [0.15, 0.2) is 0 Å². The van der Waals surface area contributed by atoms with Crippen molar-refractivity contribution in [3.63, 3.8) is 0 Å². The lowest BCUT2D eigenvalue weighted by atomic mass is 10.2. The summed E-state index contributed by atoms with van der Waals surface area (Å²) in [7, 11) is 0. The number of carbonyl (C=O) groups excluding carboxylic acids is 1. The van der Waals surface area contributed by atoms with Gasteiger partial charge in [-0.25, -0.2) is 9.37 Å². The topological polar surface area (TPSA) is 68.0 Å². The summed E-state index contributed by atoms with van der Waals surface area (Å²) in [5.41, 5.74) is 6.61. The summed E-state index contributed by atoms with van der Waals surface area (Å²) in [4.78, 5) is 16.1. The molecule has 2 aromatic rings. The molecule has 1 aromatic carbocycles. The van der Waals surface area contributed by atoms with E-state index in [1.54, 1.807) is 12.3 Å². The van der Waals surface area contributed by atoms with E-state index in [0.717, 1.165) is 11.6 Å². The molecule has 1 aromatic heterocycles. The van der Waals surface area contributed by atoms with Crippen LogP contribution in [0.5, 0.6) is 0 Å². The quantitative estimate of drug-likeness (QED) is 0.834. The van der Waals surface area contributed by atoms with Gasteiger partial charge in [-0.05, 0) is 46.6 Å². The Morgan fingerprint density at radius 2 is 2.16 bits per heavy atom. The highest BCUT2D eigenvalue weighted by Gasteiger charge is 2.13. The summed E-state index contributed by atoms with van der Waals surface area (Å²) < 4.78 is 13.5. The monoisotopic (exact) mass is 323 g/mol. The van der Waals surface area contributed by atoms with Gasteiger partial charge in [0.05, 0.1) is 11.3 Å². The number of nitrogen functional groups attached to an aromatic ring is 1. The summed E-state index contributed by atoms with van der Waals surface area (Å²) in [6, 6.07) is 5.96. The Kier molecular flexibility index (Phi) is 3.80. The van der Waals surface area contributed by atoms with Crippen LogP contribution in [-0.4, -0.2) is 10.9 Å². The molecule has 6 heteroatoms. The molecule has 3 N–H and O–H groups in total. The molecule has 19 heavy (non-hydrogen) atoms. The third-order valence-corrected chi connectivity index (χ3v) is 3.14. The third kappa shape index (κ3) is 3.08. The van der Waals surface area contributed by atoms with E-state index in [1.807, 2.05) is 13.0 Å². The van der Waals surface area contributed by atoms with Crippen molar-refractivity contribution in [3.8, 4) is 0 Å². The number of halogens is 2. The van der Waals surface area contributed by atoms with Crippen LogP contribution in [0.2, 0.25) is 0 Å². The highest BCUT2D eigenvalue weighted by atomic mass is 79.9. The molecule has 0 aliphatic carbocycles. The van der Waals surface area contributed by atoms with E-state index in [0.29, 0.717) is 10.3 Å². The van der Waals surface area contributed by atoms with Gasteiger partial charge in [0.1, 0.15) is 11.6 Å². The third-order valence-electron chi connectivity index (χ3n) is 2.48. The highest BCUT2D eigenvalue weighted by Crippen LogP contribution is 2.23. The van der Waals surface area contributed by atoms with Crippen LogP contribution < -0.4 is 11.1 Å². The Balaban J connectivity index is 2.25. The average Bonchev–Trinajstić information content (AvgIpc) is 2.36. The molecule has 0 atom stereocenters. The second kappa shape index (κ2) is 5.36. The number of aryl methyl sites for hydroxylation is 1. The minimum absolute atomic E-state index is 0.0785. The minimum atomic E-state index is -0.572. The van der Waals surface area contributed by atoms with Crippen molar-refractivity contribution in [1.82, 2.24) is 4.98 Å². The predicted octanol–water partition coefficient (Wildman–Crippen LogP) is 3.13. The lowest BCUT2D eigenvalue weighted by Gasteiger charge is -2.08. The van der Waals surface area contributed by atoms with Crippen LogP contribution in [0.3, 0.4) is 0 Å². The molecule has 0 radical (unpaired) electrons. The zero-order chi connectivity index (χ0) is 14.0. The standard InChI is InChI=1S/C13H11BrFN3O/c1-7-2-3-12(17-6-7)18-13(19)8-4-11(16)10(15)5-9(8)14/h2-6H,16H2,1H3,(H,17,18,19). The number of carbonyl (C=O) groups is 1. The van der Waals surface area contributed by atoms with Gasteiger partial charge in [-0.1, -0.05) is 6.07 Å². The first kappa shape index (κ1) is 13.5. The molecule has 0 fully saturated rings. The van der Waals surface area contributed by atoms with Gasteiger partial charge in [-0.3, -0.25) is 4.79 Å². The summed E-state index contributed by atoms with van der Waals surface area (Å²) in [6.07, 6.45) is 1.64. The van der Waals surface area contributed by atoms with Gasteiger partial charge >= 0.3 is 0 Å². The van der Waals surface area contributed by atoms with E-state index in [1.165, 1.54) is 6.07 Å². The van der Waals surface area contributed by atoms with Crippen LogP contribution in [0, 0.1) is 12.7 Å². The van der Waals surface area contributed by atoms with Crippen LogP contribution >= 0.6 is 15.9 Å². The smallest absolute Gasteiger partial charge is 0.258 e. The predicted molar refractivity (Wildman–Crippen MR) is 75.4 cm³/mol. The zero-order valence-electron chi connectivity index (χ0n) is 10.1. The summed E-state index contributed by atoms with van der Waals surface area (Å²) in [5.74, 6) is -0.558. The maximum atomic E-state index is 13.2. The molecule has 4 nitrogen and oxygen atoms in total. The van der Waals surface area contributed by atoms with E-state index in [4.69, 9.17) is 5.73 Å². The van der Waals surface area contributed by atoms with Gasteiger partial charge in [-0.2, -0.15) is 0 Å². The first-order valence-corrected chi connectivity index (χ1v) is 6.25. The van der Waals surface area contributed by atoms with Gasteiger partial charge in [0.25, 0.3) is 5.91 Å². The van der Waals surface area contributed by atoms with Crippen LogP contribution in [0.15, 0.2) is 34.9 Å². The number of benzene rings is 1. The van der Waals surface area contributed by atoms with Crippen LogP contribution in [0.4, 0.5) is 15.9 Å². The lowest BCUT2D eigenvalue weighted by Crippen LogP contribution is -2.14. The van der Waals surface area contributed by atoms with Crippen molar-refractivity contribution in [1.29, 1.82) is 0 Å². The maximum absolute atomic E-state index is 13.2. The molecule has 1 amide bonds. The van der Waals surface area contributed by atoms with Crippen molar-refractivity contribution in [2.45, 2.75) is 6.92 Å². The van der Waals surface area contributed by atoms with Crippen molar-refractivity contribution in [2.75, 3.05) is 11.1 Å². The van der Waals surface area contributed by atoms with Crippen molar-refractivity contribution in [2.24, 2.45) is 0 Å². The zero-order valence-corrected chi connectivity index (χ0v) is 11.7. The fourth-order valence-electron chi connectivity index (χ4n) is 1.47. The number of aromatic nitrogens is 1. The molecule has 98 valence electrons. The largest absolute Gasteiger partial charge is 0.396 e. The van der Waals surface area contributed by atoms with E-state index >= 15 is 0 Å². The Morgan fingerprint density at radius 1 is 1.42 bits per heavy atom. The van der Waals surface area contributed by atoms with Crippen molar-refractivity contribution in [3.05, 3.63) is 51.9 Å². The van der Waals surface area contributed by atoms with Crippen LogP contribution in [-0.2, 0) is 0 Å². The number of hydrogen-bond acceptors (Lipinski definition) is 3. The maximum Gasteiger partial charge on any atom is 0.258 e. The Labute approximate surface area is 118 Å². The molecule has 0 bridgehead atoms. The number of pyridine rings is 1. The van der Waals surface area contributed by atoms with E-state index in [2.05, 4.69) is 26.2 Å². The Morgan fingerprint density at radius 3 is 2.79 bits per heavy atom. The fourth-order valence-corrected chi connectivity index (χ4v) is 1.96. The first-order chi connectivity index (χ1) is 8.97. The van der Waals surface area contributed by atoms with Gasteiger partial charge in [0, 0.05) is 10.7 Å². The molecule has 0 aliphatic heterocycles. The summed E-state index contributed by atoms with van der Waals surface area (Å²) in [6.45, 7) is 1.90. The summed E-state index contributed by atoms with van der Waals surface area (Å²) in [5, 5.41) is 2.61. The Bertz CT molecular complexity index is 629. The number of rotatable bonds is 2. The summed E-state index contributed by atoms with van der Waals surface area (Å²) >= 11 is 3.13. The number of nitrogens with zero attached hydrogens (tertiary/aromatic N) is 1. The number of hydrogen-bond donors (Lipinski definition) is 2. The molecule has 0 unspecified atom stereocenters. The molecule has 1 heterocycles. The molecule has 0 aliphatic rings. The highest BCUT2D eigenvalue weighted by molar-refractivity contribution is 9.10. The number of amides is 1. The van der Waals surface area contributed by atoms with E-state index in [-0.39, 0.29) is 11.3 Å². The fraction of sp³-hybridized carbons (Fsp3) is 0.0769. The van der Waals surface area contributed by atoms with Gasteiger partial charge in [0.2, 0.25) is 0 Å². The van der Waals surface area contributed by atoms with Crippen LogP contribution in [0.1, 0.15) is 15.9 Å².